The Balaban J connectivity index is 1.69. The molecule has 8 atom stereocenters. The van der Waals surface area contributed by atoms with Crippen LogP contribution in [0.1, 0.15) is 65.7 Å². The Morgan fingerprint density at radius 2 is 1.96 bits per heavy atom. The number of rotatable bonds is 1. The molecule has 3 fully saturated rings. The smallest absolute Gasteiger partial charge is 0.155 e. The Bertz CT molecular complexity index is 580. The summed E-state index contributed by atoms with van der Waals surface area (Å²) in [6.45, 7) is 6.59. The predicted molar refractivity (Wildman–Crippen MR) is 93.3 cm³/mol. The first-order valence-corrected chi connectivity index (χ1v) is 9.87. The summed E-state index contributed by atoms with van der Waals surface area (Å²) in [5, 5.41) is 21.2. The number of hydrogen-bond donors (Lipinski definition) is 2. The van der Waals surface area contributed by atoms with Crippen LogP contribution in [-0.4, -0.2) is 28.2 Å². The molecule has 0 aromatic carbocycles. The predicted octanol–water partition coefficient (Wildman–Crippen LogP) is 3.49. The summed E-state index contributed by atoms with van der Waals surface area (Å²) in [7, 11) is 0. The highest BCUT2D eigenvalue weighted by atomic mass is 16.3. The van der Waals surface area contributed by atoms with Gasteiger partial charge in [0.25, 0.3) is 0 Å². The van der Waals surface area contributed by atoms with Gasteiger partial charge in [-0.1, -0.05) is 19.4 Å². The van der Waals surface area contributed by atoms with Gasteiger partial charge < -0.3 is 10.2 Å². The number of fused-ring (bicyclic) bond motifs is 5. The molecule has 0 aliphatic heterocycles. The van der Waals surface area contributed by atoms with Crippen LogP contribution in [0.25, 0.3) is 0 Å². The average molecular weight is 332 g/mol. The van der Waals surface area contributed by atoms with Crippen molar-refractivity contribution < 1.29 is 15.0 Å². The van der Waals surface area contributed by atoms with Crippen molar-refractivity contribution in [2.45, 2.75) is 77.9 Å². The first kappa shape index (κ1) is 16.8. The van der Waals surface area contributed by atoms with Gasteiger partial charge in [0.1, 0.15) is 0 Å². The van der Waals surface area contributed by atoms with Gasteiger partial charge in [0.15, 0.2) is 5.78 Å². The molecule has 0 bridgehead atoms. The number of carbonyl (C=O) groups is 1. The second-order valence-corrected chi connectivity index (χ2v) is 9.58. The lowest BCUT2D eigenvalue weighted by molar-refractivity contribution is -0.119. The highest BCUT2D eigenvalue weighted by Crippen LogP contribution is 2.66. The van der Waals surface area contributed by atoms with Crippen molar-refractivity contribution in [3.05, 3.63) is 11.6 Å². The molecule has 0 radical (unpaired) electrons. The molecule has 24 heavy (non-hydrogen) atoms. The lowest BCUT2D eigenvalue weighted by Gasteiger charge is -2.58. The third-order valence-corrected chi connectivity index (χ3v) is 8.60. The Kier molecular flexibility index (Phi) is 3.78. The highest BCUT2D eigenvalue weighted by Gasteiger charge is 2.62. The minimum absolute atomic E-state index is 0.0663. The van der Waals surface area contributed by atoms with Gasteiger partial charge in [-0.15, -0.1) is 0 Å². The van der Waals surface area contributed by atoms with Crippen LogP contribution in [0.4, 0.5) is 0 Å². The van der Waals surface area contributed by atoms with Crippen molar-refractivity contribution in [1.82, 2.24) is 0 Å². The third kappa shape index (κ3) is 2.13. The van der Waals surface area contributed by atoms with E-state index in [0.29, 0.717) is 30.0 Å². The zero-order valence-electron chi connectivity index (χ0n) is 15.3. The van der Waals surface area contributed by atoms with E-state index < -0.39 is 0 Å². The van der Waals surface area contributed by atoms with E-state index >= 15 is 0 Å². The molecule has 0 saturated heterocycles. The van der Waals surface area contributed by atoms with E-state index in [4.69, 9.17) is 0 Å². The normalized spacial score (nSPS) is 52.1. The van der Waals surface area contributed by atoms with E-state index in [2.05, 4.69) is 13.8 Å². The highest BCUT2D eigenvalue weighted by molar-refractivity contribution is 5.91. The van der Waals surface area contributed by atoms with Crippen LogP contribution in [0.15, 0.2) is 11.6 Å². The van der Waals surface area contributed by atoms with E-state index in [0.717, 1.165) is 32.1 Å². The van der Waals surface area contributed by atoms with Crippen LogP contribution >= 0.6 is 0 Å². The summed E-state index contributed by atoms with van der Waals surface area (Å²) < 4.78 is 0. The fourth-order valence-corrected chi connectivity index (χ4v) is 7.42. The summed E-state index contributed by atoms with van der Waals surface area (Å²) in [4.78, 5) is 11.9. The molecule has 4 rings (SSSR count). The van der Waals surface area contributed by atoms with Crippen LogP contribution in [0.2, 0.25) is 0 Å². The van der Waals surface area contributed by atoms with E-state index in [-0.39, 0.29) is 29.0 Å². The second-order valence-electron chi connectivity index (χ2n) is 9.58. The van der Waals surface area contributed by atoms with Crippen molar-refractivity contribution >= 4 is 5.78 Å². The average Bonchev–Trinajstić information content (AvgIpc) is 2.80. The van der Waals surface area contributed by atoms with Gasteiger partial charge in [-0.05, 0) is 86.0 Å². The largest absolute Gasteiger partial charge is 0.393 e. The van der Waals surface area contributed by atoms with E-state index in [1.54, 1.807) is 0 Å². The fourth-order valence-electron chi connectivity index (χ4n) is 7.42. The Hall–Kier alpha value is -0.670. The molecule has 3 saturated carbocycles. The van der Waals surface area contributed by atoms with Crippen molar-refractivity contribution in [1.29, 1.82) is 0 Å². The van der Waals surface area contributed by atoms with Gasteiger partial charge in [-0.3, -0.25) is 4.79 Å². The minimum atomic E-state index is -0.340. The molecular formula is C21H32O3. The number of hydrogen-bond acceptors (Lipinski definition) is 3. The van der Waals surface area contributed by atoms with Crippen LogP contribution in [-0.2, 0) is 4.79 Å². The lowest BCUT2D eigenvalue weighted by Crippen LogP contribution is -2.52. The van der Waals surface area contributed by atoms with Gasteiger partial charge in [-0.2, -0.15) is 0 Å². The summed E-state index contributed by atoms with van der Waals surface area (Å²) in [5.41, 5.74) is 1.60. The van der Waals surface area contributed by atoms with Gasteiger partial charge >= 0.3 is 0 Å². The number of carbonyl (C=O) groups excluding carboxylic acids is 1. The molecule has 0 aromatic heterocycles. The molecule has 2 N–H and O–H groups in total. The summed E-state index contributed by atoms with van der Waals surface area (Å²) in [6.07, 6.45) is 8.14. The first-order chi connectivity index (χ1) is 11.3. The Labute approximate surface area is 145 Å². The van der Waals surface area contributed by atoms with Gasteiger partial charge in [0.05, 0.1) is 12.2 Å². The van der Waals surface area contributed by atoms with Crippen molar-refractivity contribution in [3.8, 4) is 0 Å². The number of ketones is 1. The zero-order chi connectivity index (χ0) is 17.3. The van der Waals surface area contributed by atoms with E-state index in [1.807, 2.05) is 13.0 Å². The van der Waals surface area contributed by atoms with Crippen LogP contribution in [0.5, 0.6) is 0 Å². The maximum Gasteiger partial charge on any atom is 0.155 e. The summed E-state index contributed by atoms with van der Waals surface area (Å²) in [6, 6.07) is 0. The second kappa shape index (κ2) is 5.41. The van der Waals surface area contributed by atoms with Crippen molar-refractivity contribution in [2.24, 2.45) is 34.5 Å². The number of aliphatic hydroxyl groups excluding tert-OH is 2. The quantitative estimate of drug-likeness (QED) is 0.773. The number of allylic oxidation sites excluding steroid dienone is 1. The maximum absolute atomic E-state index is 11.9. The molecule has 3 heteroatoms. The number of aliphatic hydroxyl groups is 2. The molecule has 2 unspecified atom stereocenters. The fraction of sp³-hybridized carbons (Fsp3) is 0.857. The molecule has 0 spiro atoms. The SMILES string of the molecule is CC(O)[C@H]1CC(O)[C@H]2[C@@H]3CCC4=CC(=O)CC[C@]4(C)[C@H]3CC[C@]12C. The summed E-state index contributed by atoms with van der Waals surface area (Å²) in [5.74, 6) is 1.96. The van der Waals surface area contributed by atoms with Gasteiger partial charge in [-0.25, -0.2) is 0 Å². The van der Waals surface area contributed by atoms with E-state index in [1.165, 1.54) is 12.0 Å². The van der Waals surface area contributed by atoms with Crippen LogP contribution in [0.3, 0.4) is 0 Å². The molecule has 134 valence electrons. The van der Waals surface area contributed by atoms with E-state index in [9.17, 15) is 15.0 Å². The molecule has 0 heterocycles. The third-order valence-electron chi connectivity index (χ3n) is 8.60. The molecule has 0 aromatic rings. The molecule has 4 aliphatic carbocycles. The lowest BCUT2D eigenvalue weighted by atomic mass is 9.46. The van der Waals surface area contributed by atoms with Crippen molar-refractivity contribution in [2.75, 3.05) is 0 Å². The van der Waals surface area contributed by atoms with Gasteiger partial charge in [0, 0.05) is 6.42 Å². The summed E-state index contributed by atoms with van der Waals surface area (Å²) >= 11 is 0. The molecular weight excluding hydrogens is 300 g/mol. The zero-order valence-corrected chi connectivity index (χ0v) is 15.3. The maximum atomic E-state index is 11.9. The molecule has 4 aliphatic rings. The van der Waals surface area contributed by atoms with Crippen molar-refractivity contribution in [3.63, 3.8) is 0 Å². The van der Waals surface area contributed by atoms with Crippen LogP contribution in [0, 0.1) is 34.5 Å². The van der Waals surface area contributed by atoms with Crippen LogP contribution < -0.4 is 0 Å². The minimum Gasteiger partial charge on any atom is -0.393 e. The molecule has 3 nitrogen and oxygen atoms in total. The standard InChI is InChI=1S/C21H32O3/c1-12(22)17-11-18(24)19-15-5-4-13-10-14(23)6-8-20(13,2)16(15)7-9-21(17,19)3/h10,12,15-19,22,24H,4-9,11H2,1-3H3/t12?,15-,16+,17-,18?,19-,20+,21-/m1/s1. The Morgan fingerprint density at radius 3 is 2.67 bits per heavy atom. The Morgan fingerprint density at radius 1 is 1.21 bits per heavy atom. The molecule has 0 amide bonds. The monoisotopic (exact) mass is 332 g/mol. The van der Waals surface area contributed by atoms with Gasteiger partial charge in [0.2, 0.25) is 0 Å². The first-order valence-electron chi connectivity index (χ1n) is 9.87. The topological polar surface area (TPSA) is 57.5 Å².